The van der Waals surface area contributed by atoms with Crippen LogP contribution in [0.3, 0.4) is 0 Å². The molecule has 1 fully saturated rings. The van der Waals surface area contributed by atoms with Gasteiger partial charge in [-0.3, -0.25) is 9.69 Å². The molecular weight excluding hydrogens is 366 g/mol. The first-order chi connectivity index (χ1) is 11.4. The number of thioether (sulfide) groups is 3. The number of hydrogen-bond donors (Lipinski definition) is 2. The fourth-order valence-corrected chi connectivity index (χ4v) is 7.97. The highest BCUT2D eigenvalue weighted by Crippen LogP contribution is 2.66. The van der Waals surface area contributed by atoms with Crippen LogP contribution in [0.4, 0.5) is 0 Å². The summed E-state index contributed by atoms with van der Waals surface area (Å²) >= 11 is 4.22. The molecule has 3 atom stereocenters. The van der Waals surface area contributed by atoms with Gasteiger partial charge in [0, 0.05) is 4.90 Å². The van der Waals surface area contributed by atoms with Crippen LogP contribution in [0, 0.1) is 5.92 Å². The van der Waals surface area contributed by atoms with Crippen molar-refractivity contribution in [3.8, 4) is 0 Å². The first-order valence-electron chi connectivity index (χ1n) is 7.48. The zero-order valence-corrected chi connectivity index (χ0v) is 15.6. The lowest BCUT2D eigenvalue weighted by Gasteiger charge is -2.53. The molecule has 1 aromatic carbocycles. The molecule has 0 saturated carbocycles. The number of carboxylic acid groups (broad SMARTS) is 1. The second kappa shape index (κ2) is 6.67. The third-order valence-corrected chi connectivity index (χ3v) is 8.07. The number of β-lactam (4-membered cyclic amide) rings is 1. The number of fused-ring (bicyclic) bond motifs is 1. The van der Waals surface area contributed by atoms with Gasteiger partial charge in [0.15, 0.2) is 9.90 Å². The van der Waals surface area contributed by atoms with Gasteiger partial charge in [0.25, 0.3) is 0 Å². The van der Waals surface area contributed by atoms with Crippen molar-refractivity contribution in [1.29, 1.82) is 0 Å². The van der Waals surface area contributed by atoms with Gasteiger partial charge < -0.3 is 10.2 Å². The van der Waals surface area contributed by atoms with Crippen LogP contribution < -0.4 is 0 Å². The van der Waals surface area contributed by atoms with Gasteiger partial charge in [-0.25, -0.2) is 4.79 Å². The van der Waals surface area contributed by atoms with Crippen molar-refractivity contribution in [2.75, 3.05) is 5.75 Å². The van der Waals surface area contributed by atoms with Crippen molar-refractivity contribution >= 4 is 47.2 Å². The fourth-order valence-electron chi connectivity index (χ4n) is 2.92. The van der Waals surface area contributed by atoms with Crippen molar-refractivity contribution < 1.29 is 19.8 Å². The summed E-state index contributed by atoms with van der Waals surface area (Å²) in [5.74, 6) is -1.32. The number of amides is 1. The summed E-state index contributed by atoms with van der Waals surface area (Å²) in [5.41, 5.74) is 0.0247. The summed E-state index contributed by atoms with van der Waals surface area (Å²) in [6.45, 7) is 3.55. The quantitative estimate of drug-likeness (QED) is 0.731. The number of aliphatic hydroxyl groups excluding tert-OH is 1. The summed E-state index contributed by atoms with van der Waals surface area (Å²) in [4.78, 5) is 26.6. The zero-order valence-electron chi connectivity index (χ0n) is 13.1. The van der Waals surface area contributed by atoms with E-state index in [9.17, 15) is 19.8 Å². The van der Waals surface area contributed by atoms with E-state index in [0.29, 0.717) is 4.24 Å². The minimum atomic E-state index is -1.11. The third-order valence-electron chi connectivity index (χ3n) is 3.84. The van der Waals surface area contributed by atoms with Crippen LogP contribution in [0.25, 0.3) is 0 Å². The van der Waals surface area contributed by atoms with Crippen LogP contribution in [-0.2, 0) is 9.59 Å². The highest BCUT2D eigenvalue weighted by atomic mass is 32.2. The molecule has 1 aromatic rings. The minimum Gasteiger partial charge on any atom is -0.477 e. The molecule has 1 unspecified atom stereocenters. The number of carbonyl (C=O) groups excluding carboxylic acids is 1. The number of aliphatic carboxylic acids is 1. The summed E-state index contributed by atoms with van der Waals surface area (Å²) in [7, 11) is 0. The lowest BCUT2D eigenvalue weighted by molar-refractivity contribution is -0.159. The average molecular weight is 384 g/mol. The zero-order chi connectivity index (χ0) is 17.5. The Hall–Kier alpha value is -1.09. The molecule has 128 valence electrons. The van der Waals surface area contributed by atoms with Gasteiger partial charge in [-0.15, -0.1) is 11.8 Å². The van der Waals surface area contributed by atoms with E-state index in [1.165, 1.54) is 40.2 Å². The normalized spacial score (nSPS) is 27.0. The van der Waals surface area contributed by atoms with Crippen molar-refractivity contribution in [3.05, 3.63) is 40.3 Å². The molecule has 1 saturated heterocycles. The van der Waals surface area contributed by atoms with Gasteiger partial charge in [-0.1, -0.05) is 48.6 Å². The Morgan fingerprint density at radius 2 is 2.08 bits per heavy atom. The molecule has 3 rings (SSSR count). The van der Waals surface area contributed by atoms with Crippen molar-refractivity contribution in [2.24, 2.45) is 5.92 Å². The minimum absolute atomic E-state index is 0.0247. The average Bonchev–Trinajstić information content (AvgIpc) is 2.78. The van der Waals surface area contributed by atoms with E-state index in [1.807, 2.05) is 37.3 Å². The second-order valence-corrected chi connectivity index (χ2v) is 9.74. The smallest absolute Gasteiger partial charge is 0.354 e. The van der Waals surface area contributed by atoms with E-state index in [-0.39, 0.29) is 11.6 Å². The first kappa shape index (κ1) is 17.7. The molecule has 2 N–H and O–H groups in total. The molecule has 0 spiro atoms. The number of benzene rings is 1. The predicted octanol–water partition coefficient (Wildman–Crippen LogP) is 3.03. The molecule has 8 heteroatoms. The van der Waals surface area contributed by atoms with E-state index in [0.717, 1.165) is 10.6 Å². The number of aliphatic hydroxyl groups is 1. The van der Waals surface area contributed by atoms with Crippen LogP contribution >= 0.6 is 35.3 Å². The molecule has 2 aliphatic rings. The maximum atomic E-state index is 12.5. The molecule has 0 radical (unpaired) electrons. The summed E-state index contributed by atoms with van der Waals surface area (Å²) in [5, 5.41) is 19.7. The van der Waals surface area contributed by atoms with Gasteiger partial charge in [-0.05, 0) is 24.8 Å². The van der Waals surface area contributed by atoms with E-state index < -0.39 is 22.2 Å². The van der Waals surface area contributed by atoms with Crippen LogP contribution in [0.5, 0.6) is 0 Å². The van der Waals surface area contributed by atoms with E-state index in [1.54, 1.807) is 6.92 Å². The first-order valence-corrected chi connectivity index (χ1v) is 10.1. The highest BCUT2D eigenvalue weighted by molar-refractivity contribution is 8.29. The molecule has 0 aromatic heterocycles. The van der Waals surface area contributed by atoms with E-state index >= 15 is 0 Å². The van der Waals surface area contributed by atoms with Crippen LogP contribution in [0.15, 0.2) is 45.2 Å². The molecule has 0 bridgehead atoms. The Labute approximate surface area is 152 Å². The van der Waals surface area contributed by atoms with Crippen molar-refractivity contribution in [1.82, 2.24) is 4.90 Å². The molecule has 1 amide bonds. The Kier molecular flexibility index (Phi) is 4.92. The Morgan fingerprint density at radius 3 is 2.62 bits per heavy atom. The molecular formula is C16H17NO4S3. The van der Waals surface area contributed by atoms with Crippen molar-refractivity contribution in [3.63, 3.8) is 0 Å². The lowest BCUT2D eigenvalue weighted by atomic mass is 9.91. The SMILES string of the molecule is CCS[C@]12SC(Sc3ccccc3)=C(C(=O)O)N1C(=O)[C@@H]2C(C)O. The number of carbonyl (C=O) groups is 2. The number of carboxylic acids is 1. The van der Waals surface area contributed by atoms with Gasteiger partial charge >= 0.3 is 5.97 Å². The Bertz CT molecular complexity index is 707. The van der Waals surface area contributed by atoms with E-state index in [2.05, 4.69) is 0 Å². The van der Waals surface area contributed by atoms with E-state index in [4.69, 9.17) is 0 Å². The monoisotopic (exact) mass is 383 g/mol. The maximum absolute atomic E-state index is 12.5. The largest absolute Gasteiger partial charge is 0.477 e. The van der Waals surface area contributed by atoms with Crippen LogP contribution in [-0.4, -0.2) is 43.0 Å². The van der Waals surface area contributed by atoms with Gasteiger partial charge in [0.2, 0.25) is 5.91 Å². The van der Waals surface area contributed by atoms with Gasteiger partial charge in [-0.2, -0.15) is 0 Å². The Morgan fingerprint density at radius 1 is 1.42 bits per heavy atom. The maximum Gasteiger partial charge on any atom is 0.354 e. The topological polar surface area (TPSA) is 77.8 Å². The molecule has 0 aliphatic carbocycles. The fraction of sp³-hybridized carbons (Fsp3) is 0.375. The number of hydrogen-bond acceptors (Lipinski definition) is 6. The standard InChI is InChI=1S/C16H17NO4S3/c1-3-22-16-11(9(2)18)13(19)17(16)12(14(20)21)15(24-16)23-10-7-5-4-6-8-10/h4-9,11,18H,3H2,1-2H3,(H,20,21)/t9?,11-,16+/m0/s1. The molecule has 5 nitrogen and oxygen atoms in total. The summed E-state index contributed by atoms with van der Waals surface area (Å²) in [6.07, 6.45) is -0.823. The molecule has 2 heterocycles. The Balaban J connectivity index is 2.00. The second-order valence-electron chi connectivity index (χ2n) is 5.41. The lowest BCUT2D eigenvalue weighted by Crippen LogP contribution is -2.68. The third kappa shape index (κ3) is 2.65. The van der Waals surface area contributed by atoms with Crippen LogP contribution in [0.1, 0.15) is 13.8 Å². The molecule has 24 heavy (non-hydrogen) atoms. The van der Waals surface area contributed by atoms with Gasteiger partial charge in [0.1, 0.15) is 5.92 Å². The van der Waals surface area contributed by atoms with Gasteiger partial charge in [0.05, 0.1) is 10.3 Å². The van der Waals surface area contributed by atoms with Crippen LogP contribution in [0.2, 0.25) is 0 Å². The number of rotatable bonds is 6. The van der Waals surface area contributed by atoms with Crippen molar-refractivity contribution in [2.45, 2.75) is 29.0 Å². The summed E-state index contributed by atoms with van der Waals surface area (Å²) in [6, 6.07) is 9.48. The number of nitrogens with zero attached hydrogens (tertiary/aromatic N) is 1. The highest BCUT2D eigenvalue weighted by Gasteiger charge is 2.69. The molecule has 2 aliphatic heterocycles. The summed E-state index contributed by atoms with van der Waals surface area (Å²) < 4.78 is -0.170. The predicted molar refractivity (Wildman–Crippen MR) is 97.4 cm³/mol.